The largest absolute Gasteiger partial charge is 0.467 e. The third-order valence-electron chi connectivity index (χ3n) is 4.33. The molecule has 6 heteroatoms. The Bertz CT molecular complexity index is 960. The molecule has 0 aliphatic heterocycles. The van der Waals surface area contributed by atoms with E-state index in [1.807, 2.05) is 45.9 Å². The van der Waals surface area contributed by atoms with E-state index in [0.29, 0.717) is 22.8 Å². The summed E-state index contributed by atoms with van der Waals surface area (Å²) in [5.41, 5.74) is 4.34. The van der Waals surface area contributed by atoms with Gasteiger partial charge in [0.2, 0.25) is 11.6 Å². The minimum atomic E-state index is -0.240. The van der Waals surface area contributed by atoms with Crippen molar-refractivity contribution in [3.63, 3.8) is 0 Å². The molecule has 1 aromatic carbocycles. The number of amides is 1. The molecule has 0 aliphatic rings. The summed E-state index contributed by atoms with van der Waals surface area (Å²) >= 11 is 0. The molecule has 0 fully saturated rings. The van der Waals surface area contributed by atoms with Gasteiger partial charge in [-0.1, -0.05) is 12.1 Å². The minimum absolute atomic E-state index is 0.136. The van der Waals surface area contributed by atoms with Gasteiger partial charge in [-0.3, -0.25) is 4.79 Å². The van der Waals surface area contributed by atoms with Gasteiger partial charge in [-0.15, -0.1) is 0 Å². The van der Waals surface area contributed by atoms with Crippen LogP contribution in [0.2, 0.25) is 0 Å². The number of aryl methyl sites for hydroxylation is 4. The van der Waals surface area contributed by atoms with Crippen molar-refractivity contribution < 1.29 is 13.9 Å². The molecule has 2 aromatic heterocycles. The second-order valence-corrected chi connectivity index (χ2v) is 6.12. The van der Waals surface area contributed by atoms with Gasteiger partial charge in [0, 0.05) is 11.3 Å². The van der Waals surface area contributed by atoms with Gasteiger partial charge in [-0.25, -0.2) is 0 Å². The molecule has 0 saturated heterocycles. The van der Waals surface area contributed by atoms with Gasteiger partial charge in [-0.05, 0) is 51.8 Å². The van der Waals surface area contributed by atoms with Crippen LogP contribution in [0.5, 0.6) is 5.88 Å². The van der Waals surface area contributed by atoms with Crippen molar-refractivity contribution in [1.29, 1.82) is 0 Å². The summed E-state index contributed by atoms with van der Waals surface area (Å²) in [5.74, 6) is 1.43. The molecule has 0 saturated carbocycles. The first-order valence-electron chi connectivity index (χ1n) is 8.10. The Morgan fingerprint density at radius 3 is 2.64 bits per heavy atom. The number of benzene rings is 1. The van der Waals surface area contributed by atoms with E-state index >= 15 is 0 Å². The number of ether oxygens (including phenoxy) is 1. The highest BCUT2D eigenvalue weighted by atomic mass is 16.5. The van der Waals surface area contributed by atoms with Crippen molar-refractivity contribution in [3.8, 4) is 5.88 Å². The number of anilines is 1. The topological polar surface area (TPSA) is 77.2 Å². The molecule has 1 N–H and O–H groups in total. The molecule has 25 heavy (non-hydrogen) atoms. The highest BCUT2D eigenvalue weighted by Crippen LogP contribution is 2.30. The van der Waals surface area contributed by atoms with Crippen LogP contribution in [0.3, 0.4) is 0 Å². The number of rotatable bonds is 4. The first-order chi connectivity index (χ1) is 11.9. The summed E-state index contributed by atoms with van der Waals surface area (Å²) in [6.07, 6.45) is 0. The van der Waals surface area contributed by atoms with Gasteiger partial charge in [-0.2, -0.15) is 9.97 Å². The normalized spacial score (nSPS) is 10.9. The number of carbonyl (C=O) groups excluding carboxylic acids is 1. The molecule has 0 radical (unpaired) electrons. The van der Waals surface area contributed by atoms with Crippen molar-refractivity contribution in [1.82, 2.24) is 9.97 Å². The Balaban J connectivity index is 1.78. The monoisotopic (exact) mass is 339 g/mol. The summed E-state index contributed by atoms with van der Waals surface area (Å²) in [6.45, 7) is 9.39. The molecule has 1 amide bonds. The van der Waals surface area contributed by atoms with Gasteiger partial charge in [0.15, 0.2) is 6.61 Å². The lowest BCUT2D eigenvalue weighted by Gasteiger charge is -2.11. The van der Waals surface area contributed by atoms with E-state index in [2.05, 4.69) is 15.3 Å². The standard InChI is InChI=1S/C19H21N3O3/c1-10-7-6-8-15(11(10)2)22-16(23)9-24-18-17-12(3)13(4)25-19(17)21-14(5)20-18/h6-8H,9H2,1-5H3,(H,22,23). The molecule has 6 nitrogen and oxygen atoms in total. The van der Waals surface area contributed by atoms with Crippen LogP contribution < -0.4 is 10.1 Å². The van der Waals surface area contributed by atoms with E-state index in [4.69, 9.17) is 9.15 Å². The van der Waals surface area contributed by atoms with Crippen LogP contribution in [0.4, 0.5) is 5.69 Å². The van der Waals surface area contributed by atoms with Crippen LogP contribution in [0.15, 0.2) is 22.6 Å². The van der Waals surface area contributed by atoms with Gasteiger partial charge in [0.1, 0.15) is 17.0 Å². The van der Waals surface area contributed by atoms with Crippen LogP contribution in [0.1, 0.15) is 28.3 Å². The fraction of sp³-hybridized carbons (Fsp3) is 0.316. The highest BCUT2D eigenvalue weighted by molar-refractivity contribution is 5.93. The van der Waals surface area contributed by atoms with Crippen LogP contribution >= 0.6 is 0 Å². The lowest BCUT2D eigenvalue weighted by atomic mass is 10.1. The van der Waals surface area contributed by atoms with Crippen molar-refractivity contribution in [2.45, 2.75) is 34.6 Å². The van der Waals surface area contributed by atoms with Crippen molar-refractivity contribution >= 4 is 22.7 Å². The molecule has 3 aromatic rings. The van der Waals surface area contributed by atoms with Crippen molar-refractivity contribution in [2.24, 2.45) is 0 Å². The second kappa shape index (κ2) is 6.55. The molecular formula is C19H21N3O3. The predicted octanol–water partition coefficient (Wildman–Crippen LogP) is 3.78. The van der Waals surface area contributed by atoms with Crippen LogP contribution in [-0.2, 0) is 4.79 Å². The van der Waals surface area contributed by atoms with E-state index in [9.17, 15) is 4.79 Å². The summed E-state index contributed by atoms with van der Waals surface area (Å²) in [6, 6.07) is 5.79. The number of carbonyl (C=O) groups is 1. The first kappa shape index (κ1) is 17.0. The van der Waals surface area contributed by atoms with Gasteiger partial charge < -0.3 is 14.5 Å². The predicted molar refractivity (Wildman–Crippen MR) is 96.1 cm³/mol. The molecule has 0 spiro atoms. The van der Waals surface area contributed by atoms with E-state index < -0.39 is 0 Å². The van der Waals surface area contributed by atoms with E-state index in [1.54, 1.807) is 6.92 Å². The van der Waals surface area contributed by atoms with Gasteiger partial charge in [0.05, 0.1) is 0 Å². The highest BCUT2D eigenvalue weighted by Gasteiger charge is 2.17. The fourth-order valence-electron chi connectivity index (χ4n) is 2.63. The zero-order valence-electron chi connectivity index (χ0n) is 15.1. The van der Waals surface area contributed by atoms with Gasteiger partial charge >= 0.3 is 0 Å². The van der Waals surface area contributed by atoms with Crippen LogP contribution in [0, 0.1) is 34.6 Å². The summed E-state index contributed by atoms with van der Waals surface area (Å²) < 4.78 is 11.3. The zero-order valence-corrected chi connectivity index (χ0v) is 15.1. The number of hydrogen-bond donors (Lipinski definition) is 1. The van der Waals surface area contributed by atoms with Crippen LogP contribution in [-0.4, -0.2) is 22.5 Å². The molecule has 0 aliphatic carbocycles. The average Bonchev–Trinajstić information content (AvgIpc) is 2.84. The number of nitrogens with one attached hydrogen (secondary N) is 1. The molecule has 3 rings (SSSR count). The molecule has 130 valence electrons. The van der Waals surface area contributed by atoms with Crippen molar-refractivity contribution in [2.75, 3.05) is 11.9 Å². The number of nitrogens with zero attached hydrogens (tertiary/aromatic N) is 2. The Morgan fingerprint density at radius 2 is 1.88 bits per heavy atom. The lowest BCUT2D eigenvalue weighted by molar-refractivity contribution is -0.118. The Morgan fingerprint density at radius 1 is 1.12 bits per heavy atom. The second-order valence-electron chi connectivity index (χ2n) is 6.12. The zero-order chi connectivity index (χ0) is 18.1. The maximum Gasteiger partial charge on any atom is 0.262 e. The molecule has 2 heterocycles. The third-order valence-corrected chi connectivity index (χ3v) is 4.33. The fourth-order valence-corrected chi connectivity index (χ4v) is 2.63. The number of hydrogen-bond acceptors (Lipinski definition) is 5. The maximum absolute atomic E-state index is 12.3. The first-order valence-corrected chi connectivity index (χ1v) is 8.10. The molecule has 0 unspecified atom stereocenters. The van der Waals surface area contributed by atoms with E-state index in [-0.39, 0.29) is 12.5 Å². The quantitative estimate of drug-likeness (QED) is 0.782. The lowest BCUT2D eigenvalue weighted by Crippen LogP contribution is -2.21. The smallest absolute Gasteiger partial charge is 0.262 e. The number of aromatic nitrogens is 2. The molecule has 0 atom stereocenters. The summed E-state index contributed by atoms with van der Waals surface area (Å²) in [5, 5.41) is 3.58. The average molecular weight is 339 g/mol. The van der Waals surface area contributed by atoms with Crippen molar-refractivity contribution in [3.05, 3.63) is 46.5 Å². The van der Waals surface area contributed by atoms with Gasteiger partial charge in [0.25, 0.3) is 5.91 Å². The van der Waals surface area contributed by atoms with E-state index in [1.165, 1.54) is 0 Å². The number of furan rings is 1. The van der Waals surface area contributed by atoms with E-state index in [0.717, 1.165) is 28.1 Å². The maximum atomic E-state index is 12.3. The summed E-state index contributed by atoms with van der Waals surface area (Å²) in [7, 11) is 0. The Kier molecular flexibility index (Phi) is 4.44. The van der Waals surface area contributed by atoms with Crippen LogP contribution in [0.25, 0.3) is 11.1 Å². The third kappa shape index (κ3) is 3.33. The molecule has 0 bridgehead atoms. The molecular weight excluding hydrogens is 318 g/mol. The Hall–Kier alpha value is -2.89. The summed E-state index contributed by atoms with van der Waals surface area (Å²) in [4.78, 5) is 20.8. The number of fused-ring (bicyclic) bond motifs is 1. The Labute approximate surface area is 146 Å². The SMILES string of the molecule is Cc1nc(OCC(=O)Nc2cccc(C)c2C)c2c(C)c(C)oc2n1. The minimum Gasteiger partial charge on any atom is -0.467 e.